The van der Waals surface area contributed by atoms with Crippen LogP contribution in [0.2, 0.25) is 0 Å². The van der Waals surface area contributed by atoms with Crippen molar-refractivity contribution in [1.29, 1.82) is 0 Å². The molecule has 1 aromatic carbocycles. The summed E-state index contributed by atoms with van der Waals surface area (Å²) in [5, 5.41) is 0. The average Bonchev–Trinajstić information content (AvgIpc) is 2.25. The van der Waals surface area contributed by atoms with Crippen LogP contribution in [0, 0.1) is 5.82 Å². The Bertz CT molecular complexity index is 472. The highest BCUT2D eigenvalue weighted by molar-refractivity contribution is 9.10. The van der Waals surface area contributed by atoms with Crippen LogP contribution in [0.3, 0.4) is 0 Å². The largest absolute Gasteiger partial charge is 0.383 e. The minimum absolute atomic E-state index is 0.166. The molecule has 0 aromatic heterocycles. The average molecular weight is 326 g/mol. The molecule has 4 nitrogen and oxygen atoms in total. The van der Waals surface area contributed by atoms with Crippen molar-refractivity contribution in [2.75, 3.05) is 27.3 Å². The zero-order valence-corrected chi connectivity index (χ0v) is 11.9. The van der Waals surface area contributed by atoms with E-state index in [2.05, 4.69) is 15.9 Å². The van der Waals surface area contributed by atoms with E-state index in [1.54, 1.807) is 0 Å². The Kier molecular flexibility index (Phi) is 5.05. The van der Waals surface area contributed by atoms with E-state index in [9.17, 15) is 12.8 Å². The number of benzene rings is 1. The van der Waals surface area contributed by atoms with Crippen molar-refractivity contribution in [3.63, 3.8) is 0 Å². The Hall–Kier alpha value is -0.500. The van der Waals surface area contributed by atoms with Crippen molar-refractivity contribution < 1.29 is 17.5 Å². The Morgan fingerprint density at radius 1 is 1.47 bits per heavy atom. The van der Waals surface area contributed by atoms with Gasteiger partial charge in [-0.05, 0) is 28.1 Å². The fourth-order valence-electron chi connectivity index (χ4n) is 1.22. The van der Waals surface area contributed by atoms with Gasteiger partial charge in [0.2, 0.25) is 10.0 Å². The summed E-state index contributed by atoms with van der Waals surface area (Å²) >= 11 is 3.04. The van der Waals surface area contributed by atoms with Crippen molar-refractivity contribution in [2.45, 2.75) is 4.90 Å². The number of ether oxygens (including phenoxy) is 1. The van der Waals surface area contributed by atoms with Crippen molar-refractivity contribution in [1.82, 2.24) is 4.31 Å². The van der Waals surface area contributed by atoms with E-state index in [-0.39, 0.29) is 22.5 Å². The molecule has 17 heavy (non-hydrogen) atoms. The summed E-state index contributed by atoms with van der Waals surface area (Å²) in [5.41, 5.74) is 0. The van der Waals surface area contributed by atoms with Crippen LogP contribution in [0.5, 0.6) is 0 Å². The molecular formula is C10H13BrFNO3S. The molecular weight excluding hydrogens is 313 g/mol. The van der Waals surface area contributed by atoms with Crippen molar-refractivity contribution in [3.8, 4) is 0 Å². The van der Waals surface area contributed by atoms with Gasteiger partial charge >= 0.3 is 0 Å². The molecule has 0 radical (unpaired) electrons. The highest BCUT2D eigenvalue weighted by atomic mass is 79.9. The van der Waals surface area contributed by atoms with Crippen LogP contribution in [0.1, 0.15) is 0 Å². The minimum atomic E-state index is -3.84. The molecule has 0 amide bonds. The second kappa shape index (κ2) is 5.90. The van der Waals surface area contributed by atoms with Gasteiger partial charge in [0.1, 0.15) is 10.7 Å². The van der Waals surface area contributed by atoms with E-state index in [4.69, 9.17) is 4.74 Å². The molecule has 0 saturated carbocycles. The van der Waals surface area contributed by atoms with Crippen LogP contribution >= 0.6 is 15.9 Å². The molecule has 0 atom stereocenters. The molecule has 0 saturated heterocycles. The molecule has 0 unspecified atom stereocenters. The third kappa shape index (κ3) is 3.25. The predicted molar refractivity (Wildman–Crippen MR) is 65.8 cm³/mol. The van der Waals surface area contributed by atoms with Gasteiger partial charge in [-0.2, -0.15) is 4.31 Å². The summed E-state index contributed by atoms with van der Waals surface area (Å²) in [4.78, 5) is -0.349. The van der Waals surface area contributed by atoms with Gasteiger partial charge < -0.3 is 4.74 Å². The maximum absolute atomic E-state index is 13.6. The molecule has 0 spiro atoms. The van der Waals surface area contributed by atoms with E-state index in [1.165, 1.54) is 26.3 Å². The quantitative estimate of drug-likeness (QED) is 0.830. The number of rotatable bonds is 5. The zero-order chi connectivity index (χ0) is 13.1. The molecule has 1 rings (SSSR count). The molecule has 0 heterocycles. The molecule has 0 aliphatic heterocycles. The van der Waals surface area contributed by atoms with Crippen LogP contribution in [-0.4, -0.2) is 40.0 Å². The summed E-state index contributed by atoms with van der Waals surface area (Å²) in [6.45, 7) is 0.418. The van der Waals surface area contributed by atoms with E-state index >= 15 is 0 Å². The van der Waals surface area contributed by atoms with Crippen molar-refractivity contribution in [3.05, 3.63) is 28.5 Å². The lowest BCUT2D eigenvalue weighted by Gasteiger charge is -2.17. The van der Waals surface area contributed by atoms with Crippen LogP contribution in [0.15, 0.2) is 27.6 Å². The number of sulfonamides is 1. The van der Waals surface area contributed by atoms with E-state index in [1.807, 2.05) is 0 Å². The number of hydrogen-bond acceptors (Lipinski definition) is 3. The van der Waals surface area contributed by atoms with Gasteiger partial charge in [-0.3, -0.25) is 0 Å². The van der Waals surface area contributed by atoms with E-state index < -0.39 is 15.8 Å². The van der Waals surface area contributed by atoms with Crippen molar-refractivity contribution in [2.24, 2.45) is 0 Å². The van der Waals surface area contributed by atoms with Gasteiger partial charge in [0, 0.05) is 25.2 Å². The van der Waals surface area contributed by atoms with Crippen molar-refractivity contribution >= 4 is 26.0 Å². The lowest BCUT2D eigenvalue weighted by molar-refractivity contribution is 0.185. The molecule has 0 aliphatic rings. The molecule has 0 bridgehead atoms. The Morgan fingerprint density at radius 2 is 2.12 bits per heavy atom. The molecule has 1 aromatic rings. The van der Waals surface area contributed by atoms with Crippen LogP contribution in [-0.2, 0) is 14.8 Å². The first-order chi connectivity index (χ1) is 7.91. The third-order valence-electron chi connectivity index (χ3n) is 2.20. The summed E-state index contributed by atoms with van der Waals surface area (Å²) < 4.78 is 43.8. The maximum Gasteiger partial charge on any atom is 0.246 e. The molecule has 7 heteroatoms. The van der Waals surface area contributed by atoms with Gasteiger partial charge in [0.15, 0.2) is 0 Å². The monoisotopic (exact) mass is 325 g/mol. The SMILES string of the molecule is COCCN(C)S(=O)(=O)c1c(F)cccc1Br. The number of likely N-dealkylation sites (N-methyl/N-ethyl adjacent to an activating group) is 1. The van der Waals surface area contributed by atoms with Crippen LogP contribution < -0.4 is 0 Å². The standard InChI is InChI=1S/C10H13BrFNO3S/c1-13(6-7-16-2)17(14,15)10-8(11)4-3-5-9(10)12/h3-5H,6-7H2,1-2H3. The first-order valence-corrected chi connectivity index (χ1v) is 7.04. The van der Waals surface area contributed by atoms with Gasteiger partial charge in [-0.1, -0.05) is 6.07 Å². The lowest BCUT2D eigenvalue weighted by atomic mass is 10.3. The highest BCUT2D eigenvalue weighted by Gasteiger charge is 2.26. The van der Waals surface area contributed by atoms with Gasteiger partial charge in [0.05, 0.1) is 6.61 Å². The number of hydrogen-bond donors (Lipinski definition) is 0. The summed E-state index contributed by atoms with van der Waals surface area (Å²) in [7, 11) is -0.987. The Labute approximate surface area is 109 Å². The topological polar surface area (TPSA) is 46.6 Å². The second-order valence-corrected chi connectivity index (χ2v) is 6.21. The second-order valence-electron chi connectivity index (χ2n) is 3.37. The minimum Gasteiger partial charge on any atom is -0.383 e. The lowest BCUT2D eigenvalue weighted by Crippen LogP contribution is -2.31. The Morgan fingerprint density at radius 3 is 2.65 bits per heavy atom. The smallest absolute Gasteiger partial charge is 0.246 e. The number of halogens is 2. The normalized spacial score (nSPS) is 12.1. The van der Waals surface area contributed by atoms with Gasteiger partial charge in [0.25, 0.3) is 0 Å². The number of methoxy groups -OCH3 is 1. The van der Waals surface area contributed by atoms with Gasteiger partial charge in [-0.25, -0.2) is 12.8 Å². The summed E-state index contributed by atoms with van der Waals surface area (Å²) in [5.74, 6) is -0.774. The Balaban J connectivity index is 3.13. The number of nitrogens with zero attached hydrogens (tertiary/aromatic N) is 1. The fourth-order valence-corrected chi connectivity index (χ4v) is 3.44. The molecule has 0 N–H and O–H groups in total. The summed E-state index contributed by atoms with van der Waals surface area (Å²) in [6.07, 6.45) is 0. The first kappa shape index (κ1) is 14.6. The van der Waals surface area contributed by atoms with Gasteiger partial charge in [-0.15, -0.1) is 0 Å². The fraction of sp³-hybridized carbons (Fsp3) is 0.400. The molecule has 0 aliphatic carbocycles. The predicted octanol–water partition coefficient (Wildman–Crippen LogP) is 1.86. The van der Waals surface area contributed by atoms with Crippen LogP contribution in [0.25, 0.3) is 0 Å². The molecule has 96 valence electrons. The first-order valence-electron chi connectivity index (χ1n) is 4.80. The maximum atomic E-state index is 13.6. The molecule has 0 fully saturated rings. The van der Waals surface area contributed by atoms with Crippen LogP contribution in [0.4, 0.5) is 4.39 Å². The highest BCUT2D eigenvalue weighted by Crippen LogP contribution is 2.26. The zero-order valence-electron chi connectivity index (χ0n) is 9.48. The summed E-state index contributed by atoms with van der Waals surface area (Å²) in [6, 6.07) is 4.04. The van der Waals surface area contributed by atoms with E-state index in [0.29, 0.717) is 0 Å². The van der Waals surface area contributed by atoms with E-state index in [0.717, 1.165) is 10.4 Å². The third-order valence-corrected chi connectivity index (χ3v) is 5.05.